The number of esters is 1. The number of carbonyl (C=O) groups is 2. The van der Waals surface area contributed by atoms with E-state index in [0.29, 0.717) is 17.7 Å². The molecule has 2 aromatic rings. The van der Waals surface area contributed by atoms with Gasteiger partial charge in [0.2, 0.25) is 0 Å². The third-order valence-electron chi connectivity index (χ3n) is 3.97. The standard InChI is InChI=1S/C18H18FNO3S2/c1-11-9-14(12(2)25-11)18(22)23-10-16(21)20-7-8-24-17(20)13-5-3-4-6-15(13)19/h3-6,9,17H,7-8,10H2,1-2H3/t17-/m1/s1. The Morgan fingerprint density at radius 1 is 1.32 bits per heavy atom. The summed E-state index contributed by atoms with van der Waals surface area (Å²) in [7, 11) is 0. The molecule has 0 saturated carbocycles. The SMILES string of the molecule is Cc1cc(C(=O)OCC(=O)N2CCS[C@@H]2c2ccccc2F)c(C)s1. The van der Waals surface area contributed by atoms with Gasteiger partial charge in [-0.3, -0.25) is 4.79 Å². The number of nitrogens with zero attached hydrogens (tertiary/aromatic N) is 1. The number of thiophene rings is 1. The molecule has 0 radical (unpaired) electrons. The Balaban J connectivity index is 1.65. The van der Waals surface area contributed by atoms with E-state index in [0.717, 1.165) is 15.5 Å². The zero-order chi connectivity index (χ0) is 18.0. The van der Waals surface area contributed by atoms with Crippen LogP contribution in [0.2, 0.25) is 0 Å². The van der Waals surface area contributed by atoms with E-state index in [1.54, 1.807) is 29.2 Å². The fraction of sp³-hybridized carbons (Fsp3) is 0.333. The van der Waals surface area contributed by atoms with Gasteiger partial charge in [0.05, 0.1) is 5.56 Å². The minimum atomic E-state index is -0.496. The summed E-state index contributed by atoms with van der Waals surface area (Å²) in [5, 5.41) is -0.377. The van der Waals surface area contributed by atoms with E-state index in [2.05, 4.69) is 0 Å². The summed E-state index contributed by atoms with van der Waals surface area (Å²) in [5.74, 6) is -0.414. The molecule has 1 fully saturated rings. The van der Waals surface area contributed by atoms with E-state index in [1.807, 2.05) is 13.8 Å². The normalized spacial score (nSPS) is 16.9. The molecular formula is C18H18FNO3S2. The van der Waals surface area contributed by atoms with Crippen LogP contribution in [-0.2, 0) is 9.53 Å². The second kappa shape index (κ2) is 7.58. The van der Waals surface area contributed by atoms with Gasteiger partial charge in [0.25, 0.3) is 5.91 Å². The van der Waals surface area contributed by atoms with Crippen LogP contribution in [0.3, 0.4) is 0 Å². The third-order valence-corrected chi connectivity index (χ3v) is 6.18. The molecule has 1 amide bonds. The summed E-state index contributed by atoms with van der Waals surface area (Å²) in [6.45, 7) is 3.94. The number of thioether (sulfide) groups is 1. The van der Waals surface area contributed by atoms with Crippen molar-refractivity contribution in [2.24, 2.45) is 0 Å². The van der Waals surface area contributed by atoms with Gasteiger partial charge in [-0.2, -0.15) is 0 Å². The number of rotatable bonds is 4. The average Bonchev–Trinajstić information content (AvgIpc) is 3.19. The van der Waals surface area contributed by atoms with Crippen molar-refractivity contribution < 1.29 is 18.7 Å². The van der Waals surface area contributed by atoms with Crippen LogP contribution in [0.4, 0.5) is 4.39 Å². The highest BCUT2D eigenvalue weighted by molar-refractivity contribution is 7.99. The summed E-state index contributed by atoms with van der Waals surface area (Å²) < 4.78 is 19.2. The molecule has 1 aromatic heterocycles. The Labute approximate surface area is 154 Å². The predicted octanol–water partition coefficient (Wildman–Crippen LogP) is 3.94. The van der Waals surface area contributed by atoms with Crippen molar-refractivity contribution >= 4 is 35.0 Å². The molecular weight excluding hydrogens is 361 g/mol. The highest BCUT2D eigenvalue weighted by atomic mass is 32.2. The Morgan fingerprint density at radius 2 is 2.08 bits per heavy atom. The summed E-state index contributed by atoms with van der Waals surface area (Å²) >= 11 is 3.02. The van der Waals surface area contributed by atoms with Gasteiger partial charge in [0.1, 0.15) is 11.2 Å². The van der Waals surface area contributed by atoms with Gasteiger partial charge < -0.3 is 9.64 Å². The number of benzene rings is 1. The molecule has 0 spiro atoms. The van der Waals surface area contributed by atoms with E-state index < -0.39 is 5.97 Å². The van der Waals surface area contributed by atoms with Gasteiger partial charge in [-0.05, 0) is 26.0 Å². The molecule has 0 N–H and O–H groups in total. The Hall–Kier alpha value is -1.86. The fourth-order valence-electron chi connectivity index (χ4n) is 2.78. The number of amides is 1. The highest BCUT2D eigenvalue weighted by Crippen LogP contribution is 2.38. The molecule has 4 nitrogen and oxygen atoms in total. The molecule has 0 aliphatic carbocycles. The molecule has 1 aromatic carbocycles. The first-order chi connectivity index (χ1) is 12.0. The molecule has 0 unspecified atom stereocenters. The van der Waals surface area contributed by atoms with Gasteiger partial charge in [0.15, 0.2) is 6.61 Å². The number of aryl methyl sites for hydroxylation is 2. The van der Waals surface area contributed by atoms with Crippen LogP contribution >= 0.6 is 23.1 Å². The van der Waals surface area contributed by atoms with Crippen molar-refractivity contribution in [3.63, 3.8) is 0 Å². The van der Waals surface area contributed by atoms with E-state index in [9.17, 15) is 14.0 Å². The maximum atomic E-state index is 14.0. The zero-order valence-electron chi connectivity index (χ0n) is 14.0. The molecule has 3 rings (SSSR count). The molecule has 1 atom stereocenters. The molecule has 132 valence electrons. The van der Waals surface area contributed by atoms with Crippen molar-refractivity contribution in [1.29, 1.82) is 0 Å². The molecule has 0 bridgehead atoms. The maximum Gasteiger partial charge on any atom is 0.339 e. The monoisotopic (exact) mass is 379 g/mol. The lowest BCUT2D eigenvalue weighted by Gasteiger charge is -2.24. The number of halogens is 1. The molecule has 1 saturated heterocycles. The minimum Gasteiger partial charge on any atom is -0.452 e. The van der Waals surface area contributed by atoms with Crippen LogP contribution in [0, 0.1) is 19.7 Å². The second-order valence-corrected chi connectivity index (χ2v) is 8.38. The maximum absolute atomic E-state index is 14.0. The lowest BCUT2D eigenvalue weighted by molar-refractivity contribution is -0.134. The predicted molar refractivity (Wildman–Crippen MR) is 97.4 cm³/mol. The lowest BCUT2D eigenvalue weighted by Crippen LogP contribution is -2.34. The van der Waals surface area contributed by atoms with E-state index >= 15 is 0 Å². The number of ether oxygens (including phenoxy) is 1. The Kier molecular flexibility index (Phi) is 5.44. The number of hydrogen-bond acceptors (Lipinski definition) is 5. The van der Waals surface area contributed by atoms with Crippen LogP contribution in [0.1, 0.15) is 31.0 Å². The summed E-state index contributed by atoms with van der Waals surface area (Å²) in [5.41, 5.74) is 0.978. The van der Waals surface area contributed by atoms with Crippen LogP contribution in [0.5, 0.6) is 0 Å². The van der Waals surface area contributed by atoms with E-state index in [-0.39, 0.29) is 23.7 Å². The third kappa shape index (κ3) is 3.88. The minimum absolute atomic E-state index is 0.309. The van der Waals surface area contributed by atoms with E-state index in [1.165, 1.54) is 29.2 Å². The molecule has 7 heteroatoms. The summed E-state index contributed by atoms with van der Waals surface area (Å²) in [6, 6.07) is 8.21. The number of carbonyl (C=O) groups excluding carboxylic acids is 2. The Bertz CT molecular complexity index is 805. The van der Waals surface area contributed by atoms with Gasteiger partial charge in [0, 0.05) is 27.6 Å². The topological polar surface area (TPSA) is 46.6 Å². The van der Waals surface area contributed by atoms with Crippen LogP contribution < -0.4 is 0 Å². The van der Waals surface area contributed by atoms with Crippen molar-refractivity contribution in [1.82, 2.24) is 4.90 Å². The van der Waals surface area contributed by atoms with Crippen molar-refractivity contribution in [2.75, 3.05) is 18.9 Å². The van der Waals surface area contributed by atoms with Crippen LogP contribution in [0.15, 0.2) is 30.3 Å². The summed E-state index contributed by atoms with van der Waals surface area (Å²) in [4.78, 5) is 28.1. The first-order valence-corrected chi connectivity index (χ1v) is 9.73. The molecule has 25 heavy (non-hydrogen) atoms. The zero-order valence-corrected chi connectivity index (χ0v) is 15.6. The van der Waals surface area contributed by atoms with Crippen LogP contribution in [0.25, 0.3) is 0 Å². The van der Waals surface area contributed by atoms with E-state index in [4.69, 9.17) is 4.74 Å². The quantitative estimate of drug-likeness (QED) is 0.755. The first-order valence-electron chi connectivity index (χ1n) is 7.87. The second-order valence-electron chi connectivity index (χ2n) is 5.73. The molecule has 1 aliphatic rings. The molecule has 2 heterocycles. The highest BCUT2D eigenvalue weighted by Gasteiger charge is 2.32. The van der Waals surface area contributed by atoms with Crippen molar-refractivity contribution in [2.45, 2.75) is 19.2 Å². The van der Waals surface area contributed by atoms with Gasteiger partial charge in [-0.15, -0.1) is 23.1 Å². The molecule has 1 aliphatic heterocycles. The van der Waals surface area contributed by atoms with Crippen molar-refractivity contribution in [3.8, 4) is 0 Å². The van der Waals surface area contributed by atoms with Gasteiger partial charge in [-0.25, -0.2) is 9.18 Å². The number of hydrogen-bond donors (Lipinski definition) is 0. The largest absolute Gasteiger partial charge is 0.452 e. The van der Waals surface area contributed by atoms with Crippen LogP contribution in [-0.4, -0.2) is 35.7 Å². The lowest BCUT2D eigenvalue weighted by atomic mass is 10.2. The first kappa shape index (κ1) is 17.9. The van der Waals surface area contributed by atoms with Crippen molar-refractivity contribution in [3.05, 3.63) is 57.0 Å². The average molecular weight is 379 g/mol. The summed E-state index contributed by atoms with van der Waals surface area (Å²) in [6.07, 6.45) is 0. The fourth-order valence-corrected chi connectivity index (χ4v) is 4.99. The Morgan fingerprint density at radius 3 is 2.76 bits per heavy atom. The van der Waals surface area contributed by atoms with Gasteiger partial charge >= 0.3 is 5.97 Å². The smallest absolute Gasteiger partial charge is 0.339 e. The van der Waals surface area contributed by atoms with Gasteiger partial charge in [-0.1, -0.05) is 18.2 Å².